The number of carbonyl (C=O) groups is 1. The lowest BCUT2D eigenvalue weighted by Crippen LogP contribution is -2.46. The zero-order chi connectivity index (χ0) is 20.4. The fraction of sp³-hybridized carbons (Fsp3) is 0.560. The third-order valence-electron chi connectivity index (χ3n) is 7.29. The summed E-state index contributed by atoms with van der Waals surface area (Å²) in [5.74, 6) is 0.615. The smallest absolute Gasteiger partial charge is 0.249 e. The molecule has 4 nitrogen and oxygen atoms in total. The molecule has 0 bridgehead atoms. The molecule has 4 heteroatoms. The highest BCUT2D eigenvalue weighted by Gasteiger charge is 2.41. The summed E-state index contributed by atoms with van der Waals surface area (Å²) in [4.78, 5) is 16.9. The summed E-state index contributed by atoms with van der Waals surface area (Å²) in [6, 6.07) is 8.82. The van der Waals surface area contributed by atoms with Crippen LogP contribution in [0.25, 0.3) is 0 Å². The molecule has 1 spiro atoms. The minimum absolute atomic E-state index is 0.190. The van der Waals surface area contributed by atoms with E-state index in [4.69, 9.17) is 0 Å². The second kappa shape index (κ2) is 8.35. The highest BCUT2D eigenvalue weighted by Crippen LogP contribution is 2.50. The zero-order valence-corrected chi connectivity index (χ0v) is 18.2. The van der Waals surface area contributed by atoms with E-state index in [0.29, 0.717) is 11.3 Å². The maximum Gasteiger partial charge on any atom is 0.249 e. The normalized spacial score (nSPS) is 25.5. The van der Waals surface area contributed by atoms with Crippen LogP contribution >= 0.6 is 0 Å². The largest absolute Gasteiger partial charge is 0.365 e. The number of hydrogen-bond donors (Lipinski definition) is 1. The lowest BCUT2D eigenvalue weighted by atomic mass is 9.61. The first-order valence-corrected chi connectivity index (χ1v) is 11.3. The fourth-order valence-corrected chi connectivity index (χ4v) is 5.57. The van der Waals surface area contributed by atoms with Crippen LogP contribution in [0.4, 0.5) is 0 Å². The predicted molar refractivity (Wildman–Crippen MR) is 119 cm³/mol. The van der Waals surface area contributed by atoms with Crippen LogP contribution in [0.15, 0.2) is 48.2 Å². The van der Waals surface area contributed by atoms with Crippen molar-refractivity contribution in [2.24, 2.45) is 5.41 Å². The van der Waals surface area contributed by atoms with Gasteiger partial charge in [-0.05, 0) is 74.7 Å². The maximum absolute atomic E-state index is 12.9. The molecule has 2 heterocycles. The van der Waals surface area contributed by atoms with Crippen molar-refractivity contribution in [1.82, 2.24) is 15.1 Å². The van der Waals surface area contributed by atoms with Crippen LogP contribution in [0.1, 0.15) is 50.2 Å². The van der Waals surface area contributed by atoms with E-state index in [1.54, 1.807) is 0 Å². The SMILES string of the molecule is CCN(CC)C(=O)C1C=CC(C2CC3(CCNCC3)Cc3ccccc32)=CN1C. The van der Waals surface area contributed by atoms with Crippen molar-refractivity contribution in [2.75, 3.05) is 33.2 Å². The molecule has 1 amide bonds. The Morgan fingerprint density at radius 1 is 1.21 bits per heavy atom. The van der Waals surface area contributed by atoms with Crippen LogP contribution in [0.3, 0.4) is 0 Å². The summed E-state index contributed by atoms with van der Waals surface area (Å²) in [6.07, 6.45) is 11.5. The van der Waals surface area contributed by atoms with Gasteiger partial charge in [0.2, 0.25) is 5.91 Å². The quantitative estimate of drug-likeness (QED) is 0.847. The number of nitrogens with zero attached hydrogens (tertiary/aromatic N) is 2. The van der Waals surface area contributed by atoms with Crippen LogP contribution < -0.4 is 5.32 Å². The van der Waals surface area contributed by atoms with Crippen molar-refractivity contribution in [3.05, 3.63) is 59.3 Å². The van der Waals surface area contributed by atoms with E-state index in [1.807, 2.05) is 25.8 Å². The number of fused-ring (bicyclic) bond motifs is 1. The Hall–Kier alpha value is -2.07. The zero-order valence-electron chi connectivity index (χ0n) is 18.2. The number of nitrogens with one attached hydrogen (secondary N) is 1. The lowest BCUT2D eigenvalue weighted by Gasteiger charge is -2.46. The van der Waals surface area contributed by atoms with Crippen LogP contribution in [0, 0.1) is 5.41 Å². The van der Waals surface area contributed by atoms with Gasteiger partial charge in [0, 0.05) is 32.3 Å². The molecule has 1 aromatic rings. The third kappa shape index (κ3) is 3.87. The first-order chi connectivity index (χ1) is 14.1. The number of likely N-dealkylation sites (N-methyl/N-ethyl adjacent to an activating group) is 2. The highest BCUT2D eigenvalue weighted by atomic mass is 16.2. The van der Waals surface area contributed by atoms with E-state index in [2.05, 4.69) is 52.8 Å². The number of piperidine rings is 1. The third-order valence-corrected chi connectivity index (χ3v) is 7.29. The Labute approximate surface area is 175 Å². The highest BCUT2D eigenvalue weighted by molar-refractivity contribution is 5.84. The molecule has 2 atom stereocenters. The van der Waals surface area contributed by atoms with E-state index in [1.165, 1.54) is 42.4 Å². The van der Waals surface area contributed by atoms with Gasteiger partial charge in [0.15, 0.2) is 0 Å². The minimum atomic E-state index is -0.190. The summed E-state index contributed by atoms with van der Waals surface area (Å²) in [6.45, 7) is 7.88. The van der Waals surface area contributed by atoms with Gasteiger partial charge in [0.1, 0.15) is 6.04 Å². The van der Waals surface area contributed by atoms with Gasteiger partial charge in [-0.1, -0.05) is 36.4 Å². The number of hydrogen-bond acceptors (Lipinski definition) is 3. The Kier molecular flexibility index (Phi) is 5.82. The van der Waals surface area contributed by atoms with E-state index in [0.717, 1.165) is 26.2 Å². The molecular formula is C25H35N3O. The van der Waals surface area contributed by atoms with Crippen molar-refractivity contribution in [3.8, 4) is 0 Å². The average Bonchev–Trinajstić information content (AvgIpc) is 2.74. The van der Waals surface area contributed by atoms with Crippen LogP contribution in [-0.4, -0.2) is 55.0 Å². The Bertz CT molecular complexity index is 802. The predicted octanol–water partition coefficient (Wildman–Crippen LogP) is 3.71. The van der Waals surface area contributed by atoms with Gasteiger partial charge in [-0.15, -0.1) is 0 Å². The molecule has 0 aromatic heterocycles. The van der Waals surface area contributed by atoms with Gasteiger partial charge in [-0.3, -0.25) is 4.79 Å². The molecule has 29 heavy (non-hydrogen) atoms. The molecule has 3 aliphatic rings. The van der Waals surface area contributed by atoms with Gasteiger partial charge in [-0.25, -0.2) is 0 Å². The Balaban J connectivity index is 1.61. The Morgan fingerprint density at radius 3 is 2.62 bits per heavy atom. The summed E-state index contributed by atoms with van der Waals surface area (Å²) in [5, 5.41) is 3.54. The Morgan fingerprint density at radius 2 is 1.93 bits per heavy atom. The number of allylic oxidation sites excluding steroid dienone is 2. The number of carbonyl (C=O) groups excluding carboxylic acids is 1. The first kappa shape index (κ1) is 20.2. The maximum atomic E-state index is 12.9. The topological polar surface area (TPSA) is 35.6 Å². The molecule has 0 saturated carbocycles. The second-order valence-electron chi connectivity index (χ2n) is 8.99. The molecule has 4 rings (SSSR count). The first-order valence-electron chi connectivity index (χ1n) is 11.3. The van der Waals surface area contributed by atoms with Crippen LogP contribution in [-0.2, 0) is 11.2 Å². The number of amides is 1. The van der Waals surface area contributed by atoms with Gasteiger partial charge < -0.3 is 15.1 Å². The fourth-order valence-electron chi connectivity index (χ4n) is 5.57. The van der Waals surface area contributed by atoms with E-state index in [-0.39, 0.29) is 11.9 Å². The van der Waals surface area contributed by atoms with Crippen molar-refractivity contribution < 1.29 is 4.79 Å². The average molecular weight is 394 g/mol. The molecule has 0 radical (unpaired) electrons. The van der Waals surface area contributed by atoms with Gasteiger partial charge in [0.05, 0.1) is 0 Å². The van der Waals surface area contributed by atoms with Gasteiger partial charge in [-0.2, -0.15) is 0 Å². The van der Waals surface area contributed by atoms with Crippen LogP contribution in [0.2, 0.25) is 0 Å². The summed E-state index contributed by atoms with van der Waals surface area (Å²) in [5.41, 5.74) is 4.75. The molecule has 1 fully saturated rings. The molecule has 1 N–H and O–H groups in total. The molecule has 2 unspecified atom stereocenters. The minimum Gasteiger partial charge on any atom is -0.365 e. The number of rotatable bonds is 4. The standard InChI is InChI=1S/C25H35N3O/c1-4-28(5-2)24(29)23-11-10-20(18-27(23)3)22-17-25(12-14-26-15-13-25)16-19-8-6-7-9-21(19)22/h6-11,18,22-23,26H,4-5,12-17H2,1-3H3. The van der Waals surface area contributed by atoms with Crippen molar-refractivity contribution in [3.63, 3.8) is 0 Å². The van der Waals surface area contributed by atoms with Crippen molar-refractivity contribution >= 4 is 5.91 Å². The van der Waals surface area contributed by atoms with E-state index < -0.39 is 0 Å². The van der Waals surface area contributed by atoms with Gasteiger partial charge in [0.25, 0.3) is 0 Å². The van der Waals surface area contributed by atoms with E-state index >= 15 is 0 Å². The summed E-state index contributed by atoms with van der Waals surface area (Å²) < 4.78 is 0. The van der Waals surface area contributed by atoms with Gasteiger partial charge >= 0.3 is 0 Å². The molecule has 1 aliphatic carbocycles. The van der Waals surface area contributed by atoms with E-state index in [9.17, 15) is 4.79 Å². The summed E-state index contributed by atoms with van der Waals surface area (Å²) >= 11 is 0. The van der Waals surface area contributed by atoms with Crippen LogP contribution in [0.5, 0.6) is 0 Å². The molecule has 1 saturated heterocycles. The molecule has 2 aliphatic heterocycles. The molecule has 156 valence electrons. The van der Waals surface area contributed by atoms with Crippen molar-refractivity contribution in [1.29, 1.82) is 0 Å². The molecule has 1 aromatic carbocycles. The lowest BCUT2D eigenvalue weighted by molar-refractivity contribution is -0.133. The second-order valence-corrected chi connectivity index (χ2v) is 8.99. The number of benzene rings is 1. The summed E-state index contributed by atoms with van der Waals surface area (Å²) in [7, 11) is 2.05. The molecular weight excluding hydrogens is 358 g/mol. The van der Waals surface area contributed by atoms with Crippen molar-refractivity contribution in [2.45, 2.75) is 51.5 Å². The monoisotopic (exact) mass is 393 g/mol.